The fraction of sp³-hybridized carbons (Fsp3) is 0.588. The molecule has 2 nitrogen and oxygen atoms in total. The van der Waals surface area contributed by atoms with E-state index in [0.717, 1.165) is 25.7 Å². The van der Waals surface area contributed by atoms with Crippen LogP contribution < -0.4 is 5.32 Å². The maximum Gasteiger partial charge on any atom is 0.227 e. The van der Waals surface area contributed by atoms with Crippen molar-refractivity contribution in [1.29, 1.82) is 0 Å². The molecule has 0 radical (unpaired) electrons. The average Bonchev–Trinajstić information content (AvgIpc) is 2.49. The van der Waals surface area contributed by atoms with Gasteiger partial charge in [0.25, 0.3) is 0 Å². The lowest BCUT2D eigenvalue weighted by Crippen LogP contribution is -2.45. The summed E-state index contributed by atoms with van der Waals surface area (Å²) >= 11 is 3.72. The first-order chi connectivity index (χ1) is 9.75. The Morgan fingerprint density at radius 1 is 1.10 bits per heavy atom. The van der Waals surface area contributed by atoms with Crippen molar-refractivity contribution in [3.05, 3.63) is 35.4 Å². The number of rotatable bonds is 2. The van der Waals surface area contributed by atoms with Gasteiger partial charge in [-0.2, -0.15) is 0 Å². The monoisotopic (exact) mass is 335 g/mol. The average molecular weight is 336 g/mol. The lowest BCUT2D eigenvalue weighted by atomic mass is 9.82. The predicted molar refractivity (Wildman–Crippen MR) is 85.2 cm³/mol. The molecule has 3 atom stereocenters. The number of carbonyl (C=O) groups is 1. The van der Waals surface area contributed by atoms with Gasteiger partial charge in [-0.15, -0.1) is 0 Å². The molecule has 0 spiro atoms. The van der Waals surface area contributed by atoms with E-state index in [9.17, 15) is 4.79 Å². The van der Waals surface area contributed by atoms with E-state index in [-0.39, 0.29) is 11.8 Å². The molecule has 1 N–H and O–H groups in total. The summed E-state index contributed by atoms with van der Waals surface area (Å²) in [5.74, 6) is 0.287. The Morgan fingerprint density at radius 2 is 1.90 bits per heavy atom. The van der Waals surface area contributed by atoms with Crippen molar-refractivity contribution in [2.75, 3.05) is 0 Å². The summed E-state index contributed by atoms with van der Waals surface area (Å²) in [4.78, 5) is 13.1. The van der Waals surface area contributed by atoms with Crippen LogP contribution in [-0.4, -0.2) is 16.8 Å². The molecule has 3 heteroatoms. The summed E-state index contributed by atoms with van der Waals surface area (Å²) in [5.41, 5.74) is 2.61. The minimum atomic E-state index is 0.0570. The molecule has 0 aliphatic heterocycles. The fourth-order valence-electron chi connectivity index (χ4n) is 3.56. The molecule has 0 heterocycles. The summed E-state index contributed by atoms with van der Waals surface area (Å²) in [6.07, 6.45) is 8.01. The summed E-state index contributed by atoms with van der Waals surface area (Å²) in [7, 11) is 0. The first-order valence-corrected chi connectivity index (χ1v) is 8.69. The zero-order chi connectivity index (χ0) is 13.9. The highest BCUT2D eigenvalue weighted by molar-refractivity contribution is 9.09. The number of aryl methyl sites for hydroxylation is 1. The Labute approximate surface area is 129 Å². The molecule has 0 saturated heterocycles. The standard InChI is InChI=1S/C17H22BrNO/c18-15-10-3-4-11-16(15)19-17(20)14-9-5-7-12-6-1-2-8-13(12)14/h1-2,6,8,14-16H,3-5,7,9-11H2,(H,19,20). The molecule has 1 saturated carbocycles. The molecule has 3 rings (SSSR count). The third kappa shape index (κ3) is 2.93. The van der Waals surface area contributed by atoms with Crippen LogP contribution in [0, 0.1) is 0 Å². The Morgan fingerprint density at radius 3 is 2.75 bits per heavy atom. The van der Waals surface area contributed by atoms with Gasteiger partial charge in [-0.25, -0.2) is 0 Å². The van der Waals surface area contributed by atoms with Gasteiger partial charge in [0.05, 0.1) is 5.92 Å². The zero-order valence-electron chi connectivity index (χ0n) is 11.8. The van der Waals surface area contributed by atoms with Gasteiger partial charge in [-0.3, -0.25) is 4.79 Å². The van der Waals surface area contributed by atoms with Crippen LogP contribution >= 0.6 is 15.9 Å². The summed E-state index contributed by atoms with van der Waals surface area (Å²) in [6, 6.07) is 8.74. The van der Waals surface area contributed by atoms with Crippen molar-refractivity contribution in [2.45, 2.75) is 61.7 Å². The lowest BCUT2D eigenvalue weighted by Gasteiger charge is -2.31. The summed E-state index contributed by atoms with van der Waals surface area (Å²) < 4.78 is 0. The van der Waals surface area contributed by atoms with E-state index < -0.39 is 0 Å². The molecule has 1 amide bonds. The fourth-order valence-corrected chi connectivity index (χ4v) is 4.28. The van der Waals surface area contributed by atoms with Crippen LogP contribution in [0.25, 0.3) is 0 Å². The summed E-state index contributed by atoms with van der Waals surface area (Å²) in [6.45, 7) is 0. The van der Waals surface area contributed by atoms with Crippen LogP contribution in [-0.2, 0) is 11.2 Å². The molecular formula is C17H22BrNO. The Balaban J connectivity index is 1.72. The van der Waals surface area contributed by atoms with Crippen LogP contribution in [0.1, 0.15) is 55.6 Å². The molecule has 1 aromatic carbocycles. The van der Waals surface area contributed by atoms with Crippen molar-refractivity contribution < 1.29 is 4.79 Å². The quantitative estimate of drug-likeness (QED) is 0.815. The maximum absolute atomic E-state index is 12.6. The van der Waals surface area contributed by atoms with Crippen LogP contribution in [0.5, 0.6) is 0 Å². The van der Waals surface area contributed by atoms with Gasteiger partial charge >= 0.3 is 0 Å². The Bertz CT molecular complexity index is 488. The Hall–Kier alpha value is -0.830. The molecule has 1 fully saturated rings. The van der Waals surface area contributed by atoms with Crippen molar-refractivity contribution in [2.24, 2.45) is 0 Å². The number of nitrogens with one attached hydrogen (secondary N) is 1. The lowest BCUT2D eigenvalue weighted by molar-refractivity contribution is -0.123. The first-order valence-electron chi connectivity index (χ1n) is 7.78. The third-order valence-corrected chi connectivity index (χ3v) is 5.79. The number of amides is 1. The highest BCUT2D eigenvalue weighted by atomic mass is 79.9. The highest BCUT2D eigenvalue weighted by Gasteiger charge is 2.30. The number of hydrogen-bond acceptors (Lipinski definition) is 1. The van der Waals surface area contributed by atoms with Gasteiger partial charge in [-0.05, 0) is 43.2 Å². The molecular weight excluding hydrogens is 314 g/mol. The highest BCUT2D eigenvalue weighted by Crippen LogP contribution is 2.32. The van der Waals surface area contributed by atoms with Gasteiger partial charge in [0, 0.05) is 10.9 Å². The molecule has 20 heavy (non-hydrogen) atoms. The van der Waals surface area contributed by atoms with E-state index in [0.29, 0.717) is 10.9 Å². The van der Waals surface area contributed by atoms with Gasteiger partial charge in [0.1, 0.15) is 0 Å². The molecule has 2 aliphatic carbocycles. The van der Waals surface area contributed by atoms with Gasteiger partial charge in [0.2, 0.25) is 5.91 Å². The zero-order valence-corrected chi connectivity index (χ0v) is 13.4. The van der Waals surface area contributed by atoms with Crippen LogP contribution in [0.3, 0.4) is 0 Å². The minimum Gasteiger partial charge on any atom is -0.352 e. The van der Waals surface area contributed by atoms with E-state index in [1.807, 2.05) is 0 Å². The number of alkyl halides is 1. The predicted octanol–water partition coefficient (Wildman–Crippen LogP) is 3.93. The smallest absolute Gasteiger partial charge is 0.227 e. The second-order valence-electron chi connectivity index (χ2n) is 6.06. The molecule has 108 valence electrons. The van der Waals surface area contributed by atoms with Crippen LogP contribution in [0.15, 0.2) is 24.3 Å². The van der Waals surface area contributed by atoms with Gasteiger partial charge in [-0.1, -0.05) is 53.0 Å². The normalized spacial score (nSPS) is 29.6. The second kappa shape index (κ2) is 6.30. The number of fused-ring (bicyclic) bond motifs is 1. The SMILES string of the molecule is O=C(NC1CCCCC1Br)C1CCCc2ccccc21. The second-order valence-corrected chi connectivity index (χ2v) is 7.24. The first kappa shape index (κ1) is 14.1. The Kier molecular flexibility index (Phi) is 4.45. The maximum atomic E-state index is 12.6. The van der Waals surface area contributed by atoms with Gasteiger partial charge < -0.3 is 5.32 Å². The van der Waals surface area contributed by atoms with Crippen LogP contribution in [0.4, 0.5) is 0 Å². The van der Waals surface area contributed by atoms with E-state index in [1.165, 1.54) is 30.4 Å². The largest absolute Gasteiger partial charge is 0.352 e. The molecule has 0 bridgehead atoms. The number of hydrogen-bond donors (Lipinski definition) is 1. The molecule has 3 unspecified atom stereocenters. The van der Waals surface area contributed by atoms with E-state index >= 15 is 0 Å². The van der Waals surface area contributed by atoms with Crippen molar-refractivity contribution in [3.63, 3.8) is 0 Å². The molecule has 2 aliphatic rings. The van der Waals surface area contributed by atoms with E-state index in [2.05, 4.69) is 45.5 Å². The van der Waals surface area contributed by atoms with Crippen molar-refractivity contribution in [3.8, 4) is 0 Å². The minimum absolute atomic E-state index is 0.0570. The molecule has 1 aromatic rings. The van der Waals surface area contributed by atoms with E-state index in [4.69, 9.17) is 0 Å². The van der Waals surface area contributed by atoms with Crippen molar-refractivity contribution in [1.82, 2.24) is 5.32 Å². The number of carbonyl (C=O) groups excluding carboxylic acids is 1. The van der Waals surface area contributed by atoms with Crippen LogP contribution in [0.2, 0.25) is 0 Å². The van der Waals surface area contributed by atoms with E-state index in [1.54, 1.807) is 0 Å². The van der Waals surface area contributed by atoms with Gasteiger partial charge in [0.15, 0.2) is 0 Å². The number of benzene rings is 1. The molecule has 0 aromatic heterocycles. The van der Waals surface area contributed by atoms with Crippen molar-refractivity contribution >= 4 is 21.8 Å². The summed E-state index contributed by atoms with van der Waals surface area (Å²) in [5, 5.41) is 3.29. The third-order valence-electron chi connectivity index (χ3n) is 4.70. The number of halogens is 1. The topological polar surface area (TPSA) is 29.1 Å².